The van der Waals surface area contributed by atoms with Gasteiger partial charge in [0, 0.05) is 26.2 Å². The van der Waals surface area contributed by atoms with Crippen LogP contribution in [0.15, 0.2) is 36.4 Å². The summed E-state index contributed by atoms with van der Waals surface area (Å²) in [5.41, 5.74) is 4.31. The lowest BCUT2D eigenvalue weighted by Gasteiger charge is -2.23. The molecule has 0 aliphatic carbocycles. The predicted octanol–water partition coefficient (Wildman–Crippen LogP) is 3.14. The van der Waals surface area contributed by atoms with Crippen LogP contribution in [0.25, 0.3) is 0 Å². The number of hydrazine groups is 2. The summed E-state index contributed by atoms with van der Waals surface area (Å²) in [4.78, 5) is 24.6. The highest BCUT2D eigenvalue weighted by Crippen LogP contribution is 2.12. The van der Waals surface area contributed by atoms with E-state index in [1.165, 1.54) is 14.1 Å². The van der Waals surface area contributed by atoms with E-state index in [4.69, 9.17) is 24.4 Å². The molecule has 0 bridgehead atoms. The van der Waals surface area contributed by atoms with Crippen LogP contribution >= 0.6 is 24.4 Å². The van der Waals surface area contributed by atoms with Crippen LogP contribution < -0.4 is 10.9 Å². The van der Waals surface area contributed by atoms with E-state index in [9.17, 15) is 27.2 Å². The molecule has 2 aromatic rings. The second-order valence-corrected chi connectivity index (χ2v) is 7.21. The van der Waals surface area contributed by atoms with Crippen molar-refractivity contribution in [1.29, 1.82) is 0 Å². The minimum absolute atomic E-state index is 0.0460. The van der Waals surface area contributed by atoms with Gasteiger partial charge in [0.2, 0.25) is 0 Å². The van der Waals surface area contributed by atoms with E-state index in [1.807, 2.05) is 0 Å². The maximum Gasteiger partial charge on any atom is 0.274 e. The van der Waals surface area contributed by atoms with Gasteiger partial charge in [0.25, 0.3) is 11.8 Å². The molecule has 2 N–H and O–H groups in total. The number of hydrogen-bond donors (Lipinski definition) is 2. The third-order valence-corrected chi connectivity index (χ3v) is 4.31. The van der Waals surface area contributed by atoms with Crippen LogP contribution in [-0.4, -0.2) is 45.9 Å². The Balaban J connectivity index is 1.92. The van der Waals surface area contributed by atoms with Crippen molar-refractivity contribution in [2.24, 2.45) is 0 Å². The number of rotatable bonds is 4. The van der Waals surface area contributed by atoms with E-state index in [-0.39, 0.29) is 27.5 Å². The molecule has 0 atom stereocenters. The standard InChI is InChI=1S/C19H16F4N4O2S2/c1-26(18(28)12-5-3-10(20)7-14(12)22)24-16(30)9-17(31)25-27(2)19(29)13-6-4-11(21)8-15(13)23/h3-8H,9H2,1-2H3,(H,24,30)(H,25,31). The Morgan fingerprint density at radius 2 is 1.13 bits per heavy atom. The van der Waals surface area contributed by atoms with Gasteiger partial charge in [0.05, 0.1) is 17.5 Å². The molecule has 0 heterocycles. The van der Waals surface area contributed by atoms with Gasteiger partial charge in [-0.05, 0) is 24.3 Å². The van der Waals surface area contributed by atoms with Gasteiger partial charge < -0.3 is 0 Å². The smallest absolute Gasteiger partial charge is 0.274 e. The molecule has 2 aromatic carbocycles. The molecule has 0 radical (unpaired) electrons. The number of carbonyl (C=O) groups is 2. The second-order valence-electron chi connectivity index (χ2n) is 6.22. The molecule has 0 fully saturated rings. The summed E-state index contributed by atoms with van der Waals surface area (Å²) < 4.78 is 53.5. The molecule has 0 aliphatic heterocycles. The average Bonchev–Trinajstić information content (AvgIpc) is 2.66. The molecule has 0 saturated heterocycles. The lowest BCUT2D eigenvalue weighted by Crippen LogP contribution is -2.47. The van der Waals surface area contributed by atoms with Crippen molar-refractivity contribution in [3.05, 3.63) is 70.8 Å². The molecule has 0 aromatic heterocycles. The summed E-state index contributed by atoms with van der Waals surface area (Å²) in [6.45, 7) is 0. The van der Waals surface area contributed by atoms with Crippen molar-refractivity contribution in [1.82, 2.24) is 20.9 Å². The maximum absolute atomic E-state index is 13.8. The number of thiocarbonyl (C=S) groups is 2. The molecular weight excluding hydrogens is 456 g/mol. The van der Waals surface area contributed by atoms with Gasteiger partial charge in [-0.15, -0.1) is 0 Å². The molecule has 2 rings (SSSR count). The Morgan fingerprint density at radius 1 is 0.774 bits per heavy atom. The van der Waals surface area contributed by atoms with Gasteiger partial charge in [0.15, 0.2) is 0 Å². The topological polar surface area (TPSA) is 64.7 Å². The van der Waals surface area contributed by atoms with E-state index in [0.717, 1.165) is 34.3 Å². The Labute approximate surface area is 185 Å². The lowest BCUT2D eigenvalue weighted by atomic mass is 10.2. The molecule has 0 spiro atoms. The molecule has 12 heteroatoms. The first-order chi connectivity index (χ1) is 14.5. The zero-order valence-corrected chi connectivity index (χ0v) is 17.8. The third kappa shape index (κ3) is 6.43. The monoisotopic (exact) mass is 472 g/mol. The zero-order valence-electron chi connectivity index (χ0n) is 16.2. The SMILES string of the molecule is CN(NC(=S)CC(=S)NN(C)C(=O)c1ccc(F)cc1F)C(=O)c1ccc(F)cc1F. The first kappa shape index (κ1) is 24.2. The van der Waals surface area contributed by atoms with Crippen molar-refractivity contribution in [2.75, 3.05) is 14.1 Å². The maximum atomic E-state index is 13.8. The van der Waals surface area contributed by atoms with E-state index in [2.05, 4.69) is 10.9 Å². The molecule has 0 aliphatic rings. The van der Waals surface area contributed by atoms with Gasteiger partial charge in [0.1, 0.15) is 33.2 Å². The minimum atomic E-state index is -1.03. The Bertz CT molecular complexity index is 970. The van der Waals surface area contributed by atoms with Crippen molar-refractivity contribution in [3.63, 3.8) is 0 Å². The first-order valence-corrected chi connectivity index (χ1v) is 9.36. The third-order valence-electron chi connectivity index (χ3n) is 3.84. The fraction of sp³-hybridized carbons (Fsp3) is 0.158. The largest absolute Gasteiger partial charge is 0.289 e. The molecule has 0 unspecified atom stereocenters. The van der Waals surface area contributed by atoms with Crippen LogP contribution in [-0.2, 0) is 0 Å². The summed E-state index contributed by atoms with van der Waals surface area (Å²) in [5, 5.41) is 1.79. The van der Waals surface area contributed by atoms with Gasteiger partial charge in [-0.1, -0.05) is 24.4 Å². The van der Waals surface area contributed by atoms with Crippen LogP contribution in [0.5, 0.6) is 0 Å². The lowest BCUT2D eigenvalue weighted by molar-refractivity contribution is 0.0750. The normalized spacial score (nSPS) is 10.3. The number of halogens is 4. The summed E-state index contributed by atoms with van der Waals surface area (Å²) in [5.74, 6) is -5.33. The summed E-state index contributed by atoms with van der Waals surface area (Å²) in [7, 11) is 2.56. The fourth-order valence-corrected chi connectivity index (χ4v) is 3.04. The number of nitrogens with one attached hydrogen (secondary N) is 2. The van der Waals surface area contributed by atoms with Crippen molar-refractivity contribution >= 4 is 46.2 Å². The molecule has 2 amide bonds. The minimum Gasteiger partial charge on any atom is -0.289 e. The van der Waals surface area contributed by atoms with E-state index >= 15 is 0 Å². The number of carbonyl (C=O) groups excluding carboxylic acids is 2. The van der Waals surface area contributed by atoms with Gasteiger partial charge in [-0.25, -0.2) is 17.6 Å². The zero-order chi connectivity index (χ0) is 23.3. The number of nitrogens with zero attached hydrogens (tertiary/aromatic N) is 2. The van der Waals surface area contributed by atoms with Crippen LogP contribution in [0.2, 0.25) is 0 Å². The van der Waals surface area contributed by atoms with E-state index < -0.39 is 35.1 Å². The Hall–Kier alpha value is -3.12. The number of hydrogen-bond acceptors (Lipinski definition) is 4. The van der Waals surface area contributed by atoms with Gasteiger partial charge in [-0.3, -0.25) is 30.5 Å². The Kier molecular flexibility index (Phi) is 8.00. The number of amides is 2. The fourth-order valence-electron chi connectivity index (χ4n) is 2.39. The van der Waals surface area contributed by atoms with Crippen LogP contribution in [0.4, 0.5) is 17.6 Å². The second kappa shape index (κ2) is 10.3. The summed E-state index contributed by atoms with van der Waals surface area (Å²) >= 11 is 10.2. The van der Waals surface area contributed by atoms with E-state index in [0.29, 0.717) is 12.1 Å². The molecule has 164 valence electrons. The molecule has 6 nitrogen and oxygen atoms in total. The molecule has 31 heavy (non-hydrogen) atoms. The van der Waals surface area contributed by atoms with Crippen molar-refractivity contribution < 1.29 is 27.2 Å². The van der Waals surface area contributed by atoms with Crippen molar-refractivity contribution in [3.8, 4) is 0 Å². The quantitative estimate of drug-likeness (QED) is 0.405. The summed E-state index contributed by atoms with van der Waals surface area (Å²) in [6.07, 6.45) is -0.113. The average molecular weight is 472 g/mol. The van der Waals surface area contributed by atoms with Gasteiger partial charge in [-0.2, -0.15) is 0 Å². The van der Waals surface area contributed by atoms with Gasteiger partial charge >= 0.3 is 0 Å². The van der Waals surface area contributed by atoms with Crippen LogP contribution in [0.1, 0.15) is 27.1 Å². The highest BCUT2D eigenvalue weighted by molar-refractivity contribution is 7.82. The van der Waals surface area contributed by atoms with Crippen LogP contribution in [0.3, 0.4) is 0 Å². The predicted molar refractivity (Wildman–Crippen MR) is 113 cm³/mol. The van der Waals surface area contributed by atoms with Crippen LogP contribution in [0, 0.1) is 23.3 Å². The highest BCUT2D eigenvalue weighted by Gasteiger charge is 2.20. The summed E-state index contributed by atoms with van der Waals surface area (Å²) in [6, 6.07) is 5.03. The van der Waals surface area contributed by atoms with E-state index in [1.54, 1.807) is 0 Å². The number of benzene rings is 2. The first-order valence-electron chi connectivity index (χ1n) is 8.54. The molecular formula is C19H16F4N4O2S2. The molecule has 0 saturated carbocycles. The van der Waals surface area contributed by atoms with Crippen molar-refractivity contribution in [2.45, 2.75) is 6.42 Å². The highest BCUT2D eigenvalue weighted by atomic mass is 32.1. The Morgan fingerprint density at radius 3 is 1.45 bits per heavy atom.